The van der Waals surface area contributed by atoms with Crippen LogP contribution in [0, 0.1) is 17.0 Å². The summed E-state index contributed by atoms with van der Waals surface area (Å²) in [5, 5.41) is 28.7. The summed E-state index contributed by atoms with van der Waals surface area (Å²) in [6.07, 6.45) is 0. The van der Waals surface area contributed by atoms with Crippen molar-refractivity contribution >= 4 is 23.2 Å². The summed E-state index contributed by atoms with van der Waals surface area (Å²) >= 11 is 0. The van der Waals surface area contributed by atoms with Gasteiger partial charge in [0.1, 0.15) is 6.04 Å². The number of carbonyl (C=O) groups is 1. The van der Waals surface area contributed by atoms with Crippen molar-refractivity contribution in [1.82, 2.24) is 20.2 Å². The van der Waals surface area contributed by atoms with E-state index < -0.39 is 11.0 Å². The van der Waals surface area contributed by atoms with Crippen molar-refractivity contribution in [3.8, 4) is 0 Å². The van der Waals surface area contributed by atoms with E-state index in [1.54, 1.807) is 19.1 Å². The van der Waals surface area contributed by atoms with Gasteiger partial charge in [-0.25, -0.2) is 0 Å². The van der Waals surface area contributed by atoms with E-state index in [4.69, 9.17) is 0 Å². The molecule has 0 unspecified atom stereocenters. The molecule has 2 heterocycles. The average Bonchev–Trinajstić information content (AvgIpc) is 3.16. The number of hydrogen-bond donors (Lipinski definition) is 2. The van der Waals surface area contributed by atoms with Gasteiger partial charge < -0.3 is 10.6 Å². The van der Waals surface area contributed by atoms with Crippen molar-refractivity contribution in [2.45, 2.75) is 19.9 Å². The van der Waals surface area contributed by atoms with Crippen LogP contribution in [0.1, 0.15) is 24.1 Å². The topological polar surface area (TPSA) is 128 Å². The number of tetrazole rings is 1. The fourth-order valence-corrected chi connectivity index (χ4v) is 3.26. The van der Waals surface area contributed by atoms with E-state index in [0.717, 1.165) is 5.56 Å². The third-order valence-electron chi connectivity index (χ3n) is 4.66. The van der Waals surface area contributed by atoms with Gasteiger partial charge in [-0.05, 0) is 42.0 Å². The number of amides is 1. The molecule has 0 radical (unpaired) electrons. The molecule has 3 aromatic rings. The highest BCUT2D eigenvalue weighted by Gasteiger charge is 2.34. The van der Waals surface area contributed by atoms with Crippen LogP contribution in [0.2, 0.25) is 0 Å². The molecule has 0 aliphatic carbocycles. The van der Waals surface area contributed by atoms with Gasteiger partial charge in [-0.2, -0.15) is 4.68 Å². The molecule has 0 fully saturated rings. The van der Waals surface area contributed by atoms with Crippen LogP contribution in [0.5, 0.6) is 0 Å². The molecule has 2 N–H and O–H groups in total. The molecule has 1 aliphatic heterocycles. The molecule has 1 amide bonds. The standard InChI is InChI=1S/C19H17N7O3/c1-11-6-8-14(9-7-11)21-18(27)16-12(2)20-19-22-23-24-25(19)17(16)13-4-3-5-15(10-13)26(28)29/h3-10,17H,1-2H3,(H,21,27)(H,20,22,24)/t17-/m1/s1. The summed E-state index contributed by atoms with van der Waals surface area (Å²) in [7, 11) is 0. The van der Waals surface area contributed by atoms with Gasteiger partial charge in [0.2, 0.25) is 5.95 Å². The molecule has 1 atom stereocenters. The van der Waals surface area contributed by atoms with E-state index in [0.29, 0.717) is 28.5 Å². The van der Waals surface area contributed by atoms with E-state index in [2.05, 4.69) is 26.2 Å². The molecule has 0 saturated carbocycles. The molecule has 10 heteroatoms. The zero-order chi connectivity index (χ0) is 20.5. The average molecular weight is 391 g/mol. The molecule has 29 heavy (non-hydrogen) atoms. The lowest BCUT2D eigenvalue weighted by Crippen LogP contribution is -2.31. The van der Waals surface area contributed by atoms with Gasteiger partial charge in [0.15, 0.2) is 0 Å². The Balaban J connectivity index is 1.77. The van der Waals surface area contributed by atoms with Crippen molar-refractivity contribution in [2.24, 2.45) is 0 Å². The van der Waals surface area contributed by atoms with Gasteiger partial charge >= 0.3 is 0 Å². The number of nitro groups is 1. The zero-order valence-electron chi connectivity index (χ0n) is 15.7. The lowest BCUT2D eigenvalue weighted by Gasteiger charge is -2.27. The minimum Gasteiger partial charge on any atom is -0.326 e. The Hall–Kier alpha value is -4.08. The first-order valence-electron chi connectivity index (χ1n) is 8.82. The van der Waals surface area contributed by atoms with Gasteiger partial charge in [-0.3, -0.25) is 14.9 Å². The van der Waals surface area contributed by atoms with Gasteiger partial charge in [-0.1, -0.05) is 34.9 Å². The summed E-state index contributed by atoms with van der Waals surface area (Å²) in [4.78, 5) is 23.9. The van der Waals surface area contributed by atoms with E-state index in [1.807, 2.05) is 31.2 Å². The third kappa shape index (κ3) is 3.43. The van der Waals surface area contributed by atoms with Gasteiger partial charge in [-0.15, -0.1) is 0 Å². The number of non-ortho nitro benzene ring substituents is 1. The van der Waals surface area contributed by atoms with Crippen LogP contribution in [0.25, 0.3) is 0 Å². The number of aryl methyl sites for hydroxylation is 1. The summed E-state index contributed by atoms with van der Waals surface area (Å²) < 4.78 is 1.44. The van der Waals surface area contributed by atoms with Crippen molar-refractivity contribution in [3.05, 3.63) is 81.0 Å². The predicted octanol–water partition coefficient (Wildman–Crippen LogP) is 2.82. The highest BCUT2D eigenvalue weighted by atomic mass is 16.6. The van der Waals surface area contributed by atoms with Crippen LogP contribution in [0.15, 0.2) is 59.8 Å². The Bertz CT molecular complexity index is 1130. The van der Waals surface area contributed by atoms with Gasteiger partial charge in [0, 0.05) is 23.5 Å². The second kappa shape index (κ2) is 7.15. The number of aromatic nitrogens is 4. The molecule has 1 aliphatic rings. The molecule has 0 bridgehead atoms. The molecule has 10 nitrogen and oxygen atoms in total. The Morgan fingerprint density at radius 1 is 1.21 bits per heavy atom. The monoisotopic (exact) mass is 391 g/mol. The molecule has 146 valence electrons. The first-order valence-corrected chi connectivity index (χ1v) is 8.82. The normalized spacial score (nSPS) is 15.4. The first kappa shape index (κ1) is 18.3. The van der Waals surface area contributed by atoms with Crippen LogP contribution >= 0.6 is 0 Å². The molecular weight excluding hydrogens is 374 g/mol. The summed E-state index contributed by atoms with van der Waals surface area (Å²) in [6, 6.07) is 12.8. The van der Waals surface area contributed by atoms with Gasteiger partial charge in [0.25, 0.3) is 11.6 Å². The minimum absolute atomic E-state index is 0.0772. The Morgan fingerprint density at radius 2 is 1.97 bits per heavy atom. The van der Waals surface area contributed by atoms with Crippen molar-refractivity contribution in [3.63, 3.8) is 0 Å². The number of benzene rings is 2. The summed E-state index contributed by atoms with van der Waals surface area (Å²) in [5.41, 5.74) is 3.10. The number of allylic oxidation sites excluding steroid dienone is 1. The van der Waals surface area contributed by atoms with E-state index in [9.17, 15) is 14.9 Å². The number of carbonyl (C=O) groups excluding carboxylic acids is 1. The molecular formula is C19H17N7O3. The molecule has 2 aromatic carbocycles. The summed E-state index contributed by atoms with van der Waals surface area (Å²) in [5.74, 6) is 0.00222. The maximum atomic E-state index is 13.2. The van der Waals surface area contributed by atoms with Crippen molar-refractivity contribution in [1.29, 1.82) is 0 Å². The SMILES string of the molecule is CC1=C(C(=O)Nc2ccc(C)cc2)[C@@H](c2cccc([N+](=O)[O-])c2)n2nnnc2N1. The molecule has 1 aromatic heterocycles. The van der Waals surface area contributed by atoms with Crippen LogP contribution in [-0.4, -0.2) is 31.0 Å². The lowest BCUT2D eigenvalue weighted by atomic mass is 9.94. The van der Waals surface area contributed by atoms with Crippen LogP contribution in [0.3, 0.4) is 0 Å². The fourth-order valence-electron chi connectivity index (χ4n) is 3.26. The largest absolute Gasteiger partial charge is 0.326 e. The van der Waals surface area contributed by atoms with E-state index in [1.165, 1.54) is 16.8 Å². The quantitative estimate of drug-likeness (QED) is 0.517. The molecule has 4 rings (SSSR count). The molecule has 0 spiro atoms. The second-order valence-corrected chi connectivity index (χ2v) is 6.69. The molecule has 0 saturated heterocycles. The fraction of sp³-hybridized carbons (Fsp3) is 0.158. The maximum Gasteiger partial charge on any atom is 0.269 e. The van der Waals surface area contributed by atoms with Gasteiger partial charge in [0.05, 0.1) is 10.5 Å². The second-order valence-electron chi connectivity index (χ2n) is 6.69. The zero-order valence-corrected chi connectivity index (χ0v) is 15.7. The van der Waals surface area contributed by atoms with Crippen molar-refractivity contribution < 1.29 is 9.72 Å². The number of hydrogen-bond acceptors (Lipinski definition) is 7. The summed E-state index contributed by atoms with van der Waals surface area (Å²) in [6.45, 7) is 3.70. The first-order chi connectivity index (χ1) is 13.9. The maximum absolute atomic E-state index is 13.2. The number of nitrogens with one attached hydrogen (secondary N) is 2. The predicted molar refractivity (Wildman–Crippen MR) is 105 cm³/mol. The van der Waals surface area contributed by atoms with E-state index in [-0.39, 0.29) is 11.6 Å². The lowest BCUT2D eigenvalue weighted by molar-refractivity contribution is -0.384. The number of fused-ring (bicyclic) bond motifs is 1. The highest BCUT2D eigenvalue weighted by Crippen LogP contribution is 2.35. The Kier molecular flexibility index (Phi) is 4.51. The van der Waals surface area contributed by atoms with Crippen LogP contribution < -0.4 is 10.6 Å². The van der Waals surface area contributed by atoms with Crippen LogP contribution in [0.4, 0.5) is 17.3 Å². The van der Waals surface area contributed by atoms with Crippen molar-refractivity contribution in [2.75, 3.05) is 10.6 Å². The number of nitro benzene ring substituents is 1. The smallest absolute Gasteiger partial charge is 0.269 e. The Labute approximate surface area is 165 Å². The minimum atomic E-state index is -0.716. The van der Waals surface area contributed by atoms with Crippen LogP contribution in [-0.2, 0) is 4.79 Å². The number of anilines is 2. The highest BCUT2D eigenvalue weighted by molar-refractivity contribution is 6.06. The van der Waals surface area contributed by atoms with E-state index >= 15 is 0 Å². The Morgan fingerprint density at radius 3 is 2.69 bits per heavy atom. The number of nitrogens with zero attached hydrogens (tertiary/aromatic N) is 5. The number of rotatable bonds is 4. The third-order valence-corrected chi connectivity index (χ3v) is 4.66.